The van der Waals surface area contributed by atoms with Gasteiger partial charge in [0.15, 0.2) is 5.75 Å². The van der Waals surface area contributed by atoms with E-state index in [1.165, 1.54) is 42.3 Å². The SMILES string of the molecule is COc1c2nc3cc(OCC=C(C)CCC=C(C)CCC=C(C)C)ccc3sc-2c(C)c(=O)c1OC. The van der Waals surface area contributed by atoms with Crippen molar-refractivity contribution in [1.29, 1.82) is 0 Å². The predicted molar refractivity (Wildman–Crippen MR) is 151 cm³/mol. The summed E-state index contributed by atoms with van der Waals surface area (Å²) in [5.41, 5.74) is 6.00. The molecule has 0 spiro atoms. The second kappa shape index (κ2) is 12.7. The molecule has 0 radical (unpaired) electrons. The van der Waals surface area contributed by atoms with E-state index >= 15 is 0 Å². The van der Waals surface area contributed by atoms with Gasteiger partial charge < -0.3 is 14.2 Å². The molecule has 1 aromatic carbocycles. The van der Waals surface area contributed by atoms with E-state index in [4.69, 9.17) is 19.2 Å². The monoisotopic (exact) mass is 507 g/mol. The van der Waals surface area contributed by atoms with Crippen molar-refractivity contribution < 1.29 is 14.2 Å². The minimum atomic E-state index is -0.171. The number of rotatable bonds is 11. The van der Waals surface area contributed by atoms with Gasteiger partial charge in [-0.05, 0) is 78.5 Å². The average Bonchev–Trinajstić information content (AvgIpc) is 2.84. The number of hydrogen-bond donors (Lipinski definition) is 0. The number of hydrogen-bond acceptors (Lipinski definition) is 6. The zero-order valence-corrected chi connectivity index (χ0v) is 23.3. The molecule has 0 N–H and O–H groups in total. The molecule has 0 aromatic heterocycles. The van der Waals surface area contributed by atoms with Crippen molar-refractivity contribution >= 4 is 21.6 Å². The van der Waals surface area contributed by atoms with Crippen molar-refractivity contribution in [2.24, 2.45) is 0 Å². The molecular formula is C30H37NO4S. The predicted octanol–water partition coefficient (Wildman–Crippen LogP) is 7.88. The highest BCUT2D eigenvalue weighted by Crippen LogP contribution is 2.42. The van der Waals surface area contributed by atoms with E-state index in [9.17, 15) is 4.79 Å². The van der Waals surface area contributed by atoms with Crippen molar-refractivity contribution in [3.8, 4) is 27.8 Å². The molecule has 1 aromatic rings. The van der Waals surface area contributed by atoms with Crippen LogP contribution in [0.3, 0.4) is 0 Å². The van der Waals surface area contributed by atoms with Crippen molar-refractivity contribution in [2.45, 2.75) is 60.3 Å². The summed E-state index contributed by atoms with van der Waals surface area (Å²) in [6.45, 7) is 11.0. The maximum absolute atomic E-state index is 12.7. The summed E-state index contributed by atoms with van der Waals surface area (Å²) in [6, 6.07) is 5.86. The zero-order chi connectivity index (χ0) is 26.2. The van der Waals surface area contributed by atoms with E-state index in [1.807, 2.05) is 18.2 Å². The number of benzene rings is 2. The minimum Gasteiger partial charge on any atom is -0.491 e. The van der Waals surface area contributed by atoms with Crippen LogP contribution in [0, 0.1) is 6.92 Å². The van der Waals surface area contributed by atoms with Gasteiger partial charge in [-0.25, -0.2) is 4.98 Å². The first-order valence-electron chi connectivity index (χ1n) is 12.3. The van der Waals surface area contributed by atoms with Crippen LogP contribution < -0.4 is 19.6 Å². The van der Waals surface area contributed by atoms with Gasteiger partial charge >= 0.3 is 0 Å². The summed E-state index contributed by atoms with van der Waals surface area (Å²) in [5, 5.41) is 0. The molecule has 5 nitrogen and oxygen atoms in total. The fourth-order valence-electron chi connectivity index (χ4n) is 3.98. The Balaban J connectivity index is 1.69. The number of fused-ring (bicyclic) bond motifs is 2. The first-order chi connectivity index (χ1) is 17.2. The van der Waals surface area contributed by atoms with E-state index < -0.39 is 0 Å². The molecule has 0 atom stereocenters. The minimum absolute atomic E-state index is 0.171. The van der Waals surface area contributed by atoms with E-state index in [-0.39, 0.29) is 11.2 Å². The lowest BCUT2D eigenvalue weighted by atomic mass is 10.1. The molecule has 0 bridgehead atoms. The van der Waals surface area contributed by atoms with Gasteiger partial charge in [-0.2, -0.15) is 0 Å². The van der Waals surface area contributed by atoms with Crippen LogP contribution in [0.15, 0.2) is 57.9 Å². The summed E-state index contributed by atoms with van der Waals surface area (Å²) < 4.78 is 17.8. The highest BCUT2D eigenvalue weighted by molar-refractivity contribution is 7.21. The summed E-state index contributed by atoms with van der Waals surface area (Å²) >= 11 is 1.52. The van der Waals surface area contributed by atoms with Gasteiger partial charge in [-0.15, -0.1) is 11.3 Å². The smallest absolute Gasteiger partial charge is 0.228 e. The van der Waals surface area contributed by atoms with Crippen LogP contribution in [0.25, 0.3) is 20.8 Å². The molecule has 36 heavy (non-hydrogen) atoms. The zero-order valence-electron chi connectivity index (χ0n) is 22.5. The van der Waals surface area contributed by atoms with Crippen LogP contribution in [0.5, 0.6) is 17.2 Å². The van der Waals surface area contributed by atoms with E-state index in [2.05, 4.69) is 45.9 Å². The van der Waals surface area contributed by atoms with Crippen LogP contribution in [0.2, 0.25) is 0 Å². The quantitative estimate of drug-likeness (QED) is 0.195. The Labute approximate surface area is 218 Å². The Morgan fingerprint density at radius 1 is 0.944 bits per heavy atom. The molecule has 1 heterocycles. The fraction of sp³-hybridized carbons (Fsp3) is 0.400. The fourth-order valence-corrected chi connectivity index (χ4v) is 5.02. The van der Waals surface area contributed by atoms with E-state index in [0.29, 0.717) is 23.6 Å². The highest BCUT2D eigenvalue weighted by atomic mass is 32.1. The van der Waals surface area contributed by atoms with Gasteiger partial charge in [0.25, 0.3) is 0 Å². The lowest BCUT2D eigenvalue weighted by Gasteiger charge is -2.16. The first kappa shape index (κ1) is 27.5. The van der Waals surface area contributed by atoms with Crippen molar-refractivity contribution in [2.75, 3.05) is 20.8 Å². The second-order valence-corrected chi connectivity index (χ2v) is 10.4. The topological polar surface area (TPSA) is 57.7 Å². The third-order valence-corrected chi connectivity index (χ3v) is 7.38. The lowest BCUT2D eigenvalue weighted by Crippen LogP contribution is -2.13. The Hall–Kier alpha value is -3.12. The normalized spacial score (nSPS) is 12.2. The third-order valence-electron chi connectivity index (χ3n) is 6.11. The number of allylic oxidation sites excluding steroid dienone is 5. The first-order valence-corrected chi connectivity index (χ1v) is 13.1. The molecule has 6 heteroatoms. The van der Waals surface area contributed by atoms with Gasteiger partial charge in [-0.1, -0.05) is 28.9 Å². The maximum atomic E-state index is 12.7. The molecule has 0 unspecified atom stereocenters. The summed E-state index contributed by atoms with van der Waals surface area (Å²) in [5.74, 6) is 1.31. The summed E-state index contributed by atoms with van der Waals surface area (Å²) in [4.78, 5) is 18.3. The van der Waals surface area contributed by atoms with Crippen molar-refractivity contribution in [3.05, 3.63) is 68.9 Å². The number of methoxy groups -OCH3 is 2. The lowest BCUT2D eigenvalue weighted by molar-refractivity contribution is 0.352. The van der Waals surface area contributed by atoms with Crippen molar-refractivity contribution in [1.82, 2.24) is 4.98 Å². The molecule has 1 aliphatic carbocycles. The molecule has 192 valence electrons. The number of ether oxygens (including phenoxy) is 3. The number of nitrogens with zero attached hydrogens (tertiary/aromatic N) is 1. The van der Waals surface area contributed by atoms with E-state index in [0.717, 1.165) is 46.5 Å². The van der Waals surface area contributed by atoms with E-state index in [1.54, 1.807) is 6.92 Å². The standard InChI is InChI=1S/C30H37NO4S/c1-19(2)10-8-11-20(3)12-9-13-21(4)16-17-35-23-14-15-25-24(18-23)31-26-28(33-6)29(34-7)27(32)22(5)30(26)36-25/h10,12,14-16,18H,8-9,11,13,17H2,1-7H3. The Kier molecular flexibility index (Phi) is 9.71. The Morgan fingerprint density at radius 2 is 1.61 bits per heavy atom. The Bertz CT molecular complexity index is 1330. The van der Waals surface area contributed by atoms with Crippen LogP contribution in [0.4, 0.5) is 0 Å². The largest absolute Gasteiger partial charge is 0.491 e. The van der Waals surface area contributed by atoms with Crippen LogP contribution in [0.1, 0.15) is 58.9 Å². The molecular weight excluding hydrogens is 470 g/mol. The molecule has 1 aliphatic heterocycles. The van der Waals surface area contributed by atoms with Gasteiger partial charge in [-0.3, -0.25) is 4.79 Å². The maximum Gasteiger partial charge on any atom is 0.228 e. The Morgan fingerprint density at radius 3 is 2.28 bits per heavy atom. The van der Waals surface area contributed by atoms with Gasteiger partial charge in [0, 0.05) is 11.6 Å². The van der Waals surface area contributed by atoms with Gasteiger partial charge in [0.1, 0.15) is 18.1 Å². The van der Waals surface area contributed by atoms with Gasteiger partial charge in [0.05, 0.1) is 29.3 Å². The van der Waals surface area contributed by atoms with Crippen LogP contribution >= 0.6 is 11.3 Å². The highest BCUT2D eigenvalue weighted by Gasteiger charge is 2.24. The van der Waals surface area contributed by atoms with Gasteiger partial charge in [0.2, 0.25) is 11.2 Å². The van der Waals surface area contributed by atoms with Crippen molar-refractivity contribution in [3.63, 3.8) is 0 Å². The summed E-state index contributed by atoms with van der Waals surface area (Å²) in [6.07, 6.45) is 11.1. The molecule has 0 fully saturated rings. The molecule has 3 rings (SSSR count). The molecule has 0 saturated heterocycles. The summed E-state index contributed by atoms with van der Waals surface area (Å²) in [7, 11) is 3.00. The molecule has 2 aliphatic rings. The molecule has 0 amide bonds. The third kappa shape index (κ3) is 6.76. The number of aromatic nitrogens is 1. The van der Waals surface area contributed by atoms with Crippen LogP contribution in [-0.2, 0) is 0 Å². The second-order valence-electron chi connectivity index (χ2n) is 9.31. The van der Waals surface area contributed by atoms with Crippen LogP contribution in [-0.4, -0.2) is 25.8 Å². The average molecular weight is 508 g/mol. The molecule has 0 saturated carbocycles.